The maximum atomic E-state index is 13.2. The van der Waals surface area contributed by atoms with Gasteiger partial charge in [0.05, 0.1) is 6.04 Å². The maximum Gasteiger partial charge on any atom is 0.408 e. The van der Waals surface area contributed by atoms with Crippen LogP contribution < -0.4 is 16.0 Å². The van der Waals surface area contributed by atoms with Crippen molar-refractivity contribution in [3.05, 3.63) is 0 Å². The van der Waals surface area contributed by atoms with Gasteiger partial charge in [-0.3, -0.25) is 9.59 Å². The number of alkyl halides is 2. The Kier molecular flexibility index (Phi) is 8.54. The standard InChI is InChI=1S/C20H31F2N3O5/c1-12(2)9-16(25-19(29)30-15-3-6-20(21,22)7-4-15)18(28)24-14(11-26)10-13-5-8-23-17(13)27/h11-16H,3-10H2,1-2H3,(H,23,27)(H,24,28)(H,25,29)/t13-,14-,16-/m0/s1. The lowest BCUT2D eigenvalue weighted by Gasteiger charge is -2.29. The maximum absolute atomic E-state index is 13.2. The van der Waals surface area contributed by atoms with Crippen LogP contribution in [0.15, 0.2) is 0 Å². The van der Waals surface area contributed by atoms with E-state index in [9.17, 15) is 28.0 Å². The molecule has 3 N–H and O–H groups in total. The summed E-state index contributed by atoms with van der Waals surface area (Å²) in [4.78, 5) is 48.0. The van der Waals surface area contributed by atoms with Crippen molar-refractivity contribution in [3.63, 3.8) is 0 Å². The number of aldehydes is 1. The third-order valence-corrected chi connectivity index (χ3v) is 5.45. The van der Waals surface area contributed by atoms with Crippen LogP contribution in [0.5, 0.6) is 0 Å². The Morgan fingerprint density at radius 2 is 1.90 bits per heavy atom. The topological polar surface area (TPSA) is 114 Å². The lowest BCUT2D eigenvalue weighted by Crippen LogP contribution is -2.51. The average Bonchev–Trinajstić information content (AvgIpc) is 3.06. The zero-order chi connectivity index (χ0) is 22.3. The lowest BCUT2D eigenvalue weighted by atomic mass is 9.94. The molecule has 1 aliphatic heterocycles. The highest BCUT2D eigenvalue weighted by atomic mass is 19.3. The number of alkyl carbamates (subject to hydrolysis) is 1. The van der Waals surface area contributed by atoms with E-state index in [1.165, 1.54) is 0 Å². The fraction of sp³-hybridized carbons (Fsp3) is 0.800. The molecule has 0 unspecified atom stereocenters. The number of carbonyl (C=O) groups excluding carboxylic acids is 4. The van der Waals surface area contributed by atoms with E-state index in [1.54, 1.807) is 0 Å². The number of nitrogens with one attached hydrogen (secondary N) is 3. The van der Waals surface area contributed by atoms with Crippen molar-refractivity contribution < 1.29 is 32.7 Å². The summed E-state index contributed by atoms with van der Waals surface area (Å²) >= 11 is 0. The Labute approximate surface area is 174 Å². The molecular formula is C20H31F2N3O5. The highest BCUT2D eigenvalue weighted by molar-refractivity contribution is 5.88. The van der Waals surface area contributed by atoms with Crippen molar-refractivity contribution in [1.29, 1.82) is 0 Å². The summed E-state index contributed by atoms with van der Waals surface area (Å²) in [7, 11) is 0. The van der Waals surface area contributed by atoms with E-state index in [2.05, 4.69) is 16.0 Å². The first kappa shape index (κ1) is 24.0. The SMILES string of the molecule is CC(C)C[C@H](NC(=O)OC1CCC(F)(F)CC1)C(=O)N[C@H](C=O)C[C@@H]1CCNC1=O. The molecule has 10 heteroatoms. The van der Waals surface area contributed by atoms with Crippen LogP contribution in [0.25, 0.3) is 0 Å². The molecule has 0 aromatic heterocycles. The van der Waals surface area contributed by atoms with Crippen LogP contribution >= 0.6 is 0 Å². The van der Waals surface area contributed by atoms with Gasteiger partial charge in [0, 0.05) is 25.3 Å². The number of amides is 3. The fourth-order valence-electron chi connectivity index (χ4n) is 3.77. The van der Waals surface area contributed by atoms with Crippen LogP contribution in [0.4, 0.5) is 13.6 Å². The molecule has 1 heterocycles. The zero-order valence-electron chi connectivity index (χ0n) is 17.4. The molecule has 0 bridgehead atoms. The summed E-state index contributed by atoms with van der Waals surface area (Å²) in [5.74, 6) is -3.70. The van der Waals surface area contributed by atoms with E-state index in [0.29, 0.717) is 25.7 Å². The van der Waals surface area contributed by atoms with Gasteiger partial charge in [0.25, 0.3) is 0 Å². The molecule has 1 saturated carbocycles. The number of hydrogen-bond donors (Lipinski definition) is 3. The Morgan fingerprint density at radius 1 is 1.23 bits per heavy atom. The van der Waals surface area contributed by atoms with Gasteiger partial charge in [-0.2, -0.15) is 0 Å². The van der Waals surface area contributed by atoms with Gasteiger partial charge in [-0.05, 0) is 38.0 Å². The molecule has 3 atom stereocenters. The molecule has 170 valence electrons. The average molecular weight is 431 g/mol. The van der Waals surface area contributed by atoms with Crippen LogP contribution in [0.2, 0.25) is 0 Å². The Bertz CT molecular complexity index is 634. The van der Waals surface area contributed by atoms with Crippen molar-refractivity contribution in [2.75, 3.05) is 6.54 Å². The second kappa shape index (κ2) is 10.7. The largest absolute Gasteiger partial charge is 0.446 e. The quantitative estimate of drug-likeness (QED) is 0.483. The number of ether oxygens (including phenoxy) is 1. The van der Waals surface area contributed by atoms with Crippen LogP contribution in [0.1, 0.15) is 58.8 Å². The smallest absolute Gasteiger partial charge is 0.408 e. The second-order valence-corrected chi connectivity index (χ2v) is 8.55. The van der Waals surface area contributed by atoms with Crippen LogP contribution in [-0.4, -0.2) is 54.8 Å². The van der Waals surface area contributed by atoms with E-state index in [4.69, 9.17) is 4.74 Å². The molecule has 30 heavy (non-hydrogen) atoms. The molecule has 1 saturated heterocycles. The number of rotatable bonds is 9. The van der Waals surface area contributed by atoms with E-state index in [-0.39, 0.29) is 49.8 Å². The number of halogens is 2. The summed E-state index contributed by atoms with van der Waals surface area (Å²) in [5.41, 5.74) is 0. The number of carbonyl (C=O) groups is 4. The minimum atomic E-state index is -2.73. The fourth-order valence-corrected chi connectivity index (χ4v) is 3.77. The zero-order valence-corrected chi connectivity index (χ0v) is 17.4. The van der Waals surface area contributed by atoms with Gasteiger partial charge in [-0.1, -0.05) is 13.8 Å². The molecule has 0 radical (unpaired) electrons. The first-order chi connectivity index (χ1) is 14.1. The first-order valence-corrected chi connectivity index (χ1v) is 10.5. The monoisotopic (exact) mass is 431 g/mol. The predicted molar refractivity (Wildman–Crippen MR) is 104 cm³/mol. The second-order valence-electron chi connectivity index (χ2n) is 8.55. The minimum absolute atomic E-state index is 0.0599. The van der Waals surface area contributed by atoms with Gasteiger partial charge >= 0.3 is 6.09 Å². The van der Waals surface area contributed by atoms with Gasteiger partial charge in [-0.25, -0.2) is 13.6 Å². The summed E-state index contributed by atoms with van der Waals surface area (Å²) in [6.45, 7) is 4.28. The summed E-state index contributed by atoms with van der Waals surface area (Å²) in [5, 5.41) is 7.76. The van der Waals surface area contributed by atoms with Gasteiger partial charge in [0.2, 0.25) is 17.7 Å². The van der Waals surface area contributed by atoms with Gasteiger partial charge in [0.1, 0.15) is 18.4 Å². The highest BCUT2D eigenvalue weighted by Gasteiger charge is 2.37. The Morgan fingerprint density at radius 3 is 2.43 bits per heavy atom. The van der Waals surface area contributed by atoms with Gasteiger partial charge in [0.15, 0.2) is 0 Å². The highest BCUT2D eigenvalue weighted by Crippen LogP contribution is 2.34. The van der Waals surface area contributed by atoms with Crippen molar-refractivity contribution in [1.82, 2.24) is 16.0 Å². The molecule has 1 aliphatic carbocycles. The van der Waals surface area contributed by atoms with E-state index >= 15 is 0 Å². The number of hydrogen-bond acceptors (Lipinski definition) is 5. The summed E-state index contributed by atoms with van der Waals surface area (Å²) in [6, 6.07) is -1.79. The van der Waals surface area contributed by atoms with Crippen molar-refractivity contribution in [2.45, 2.75) is 82.9 Å². The third kappa shape index (κ3) is 7.53. The predicted octanol–water partition coefficient (Wildman–Crippen LogP) is 1.92. The molecule has 0 aromatic carbocycles. The Hall–Kier alpha value is -2.26. The summed E-state index contributed by atoms with van der Waals surface area (Å²) < 4.78 is 31.7. The molecule has 0 spiro atoms. The summed E-state index contributed by atoms with van der Waals surface area (Å²) in [6.07, 6.45) is -0.325. The van der Waals surface area contributed by atoms with Crippen LogP contribution in [0.3, 0.4) is 0 Å². The molecule has 2 aliphatic rings. The van der Waals surface area contributed by atoms with E-state index in [0.717, 1.165) is 0 Å². The van der Waals surface area contributed by atoms with E-state index in [1.807, 2.05) is 13.8 Å². The third-order valence-electron chi connectivity index (χ3n) is 5.45. The molecule has 0 aromatic rings. The van der Waals surface area contributed by atoms with Crippen LogP contribution in [0, 0.1) is 11.8 Å². The van der Waals surface area contributed by atoms with Crippen LogP contribution in [-0.2, 0) is 19.1 Å². The molecule has 3 amide bonds. The molecule has 2 fully saturated rings. The lowest BCUT2D eigenvalue weighted by molar-refractivity contribution is -0.127. The van der Waals surface area contributed by atoms with Gasteiger partial charge in [-0.15, -0.1) is 0 Å². The Balaban J connectivity index is 1.89. The molecular weight excluding hydrogens is 400 g/mol. The molecule has 8 nitrogen and oxygen atoms in total. The van der Waals surface area contributed by atoms with Crippen molar-refractivity contribution >= 4 is 24.2 Å². The first-order valence-electron chi connectivity index (χ1n) is 10.5. The normalized spacial score (nSPS) is 23.4. The van der Waals surface area contributed by atoms with Gasteiger partial charge < -0.3 is 25.5 Å². The van der Waals surface area contributed by atoms with E-state index < -0.39 is 36.1 Å². The molecule has 2 rings (SSSR count). The van der Waals surface area contributed by atoms with Crippen molar-refractivity contribution in [3.8, 4) is 0 Å². The minimum Gasteiger partial charge on any atom is -0.446 e. The van der Waals surface area contributed by atoms with Crippen molar-refractivity contribution in [2.24, 2.45) is 11.8 Å².